The number of Topliss-reactive ketones (excluding diaryl/α,β-unsaturated/α-hetero) is 1. The molecule has 0 saturated heterocycles. The van der Waals surface area contributed by atoms with Crippen LogP contribution < -0.4 is 0 Å². The molecule has 1 aromatic rings. The molecule has 1 rings (SSSR count). The number of halogens is 1. The highest BCUT2D eigenvalue weighted by Gasteiger charge is 2.10. The van der Waals surface area contributed by atoms with Crippen LogP contribution in [0.25, 0.3) is 0 Å². The van der Waals surface area contributed by atoms with Gasteiger partial charge in [0, 0.05) is 22.1 Å². The van der Waals surface area contributed by atoms with E-state index in [2.05, 4.69) is 0 Å². The van der Waals surface area contributed by atoms with Crippen LogP contribution >= 0.6 is 0 Å². The van der Waals surface area contributed by atoms with E-state index in [1.807, 2.05) is 6.92 Å². The van der Waals surface area contributed by atoms with Crippen LogP contribution in [0.5, 0.6) is 0 Å². The van der Waals surface area contributed by atoms with Crippen molar-refractivity contribution in [2.45, 2.75) is 13.3 Å². The smallest absolute Gasteiger partial charge is 0.175 e. The van der Waals surface area contributed by atoms with Crippen molar-refractivity contribution < 1.29 is 13.4 Å². The lowest BCUT2D eigenvalue weighted by Gasteiger charge is -2.00. The van der Waals surface area contributed by atoms with Gasteiger partial charge in [0.15, 0.2) is 5.78 Å². The maximum absolute atomic E-state index is 12.8. The third-order valence-corrected chi connectivity index (χ3v) is 3.32. The Morgan fingerprint density at radius 2 is 2.20 bits per heavy atom. The summed E-state index contributed by atoms with van der Waals surface area (Å²) in [5.41, 5.74) is 0.291. The largest absolute Gasteiger partial charge is 0.293 e. The first-order valence-electron chi connectivity index (χ1n) is 4.77. The van der Waals surface area contributed by atoms with Gasteiger partial charge < -0.3 is 0 Å². The monoisotopic (exact) mass is 228 g/mol. The summed E-state index contributed by atoms with van der Waals surface area (Å²) < 4.78 is 24.1. The quantitative estimate of drug-likeness (QED) is 0.724. The molecule has 0 aliphatic carbocycles. The van der Waals surface area contributed by atoms with Gasteiger partial charge in [-0.1, -0.05) is 19.1 Å². The molecule has 0 aliphatic heterocycles. The fourth-order valence-corrected chi connectivity index (χ4v) is 2.25. The van der Waals surface area contributed by atoms with E-state index >= 15 is 0 Å². The van der Waals surface area contributed by atoms with Crippen molar-refractivity contribution in [3.63, 3.8) is 0 Å². The van der Waals surface area contributed by atoms with Gasteiger partial charge >= 0.3 is 0 Å². The number of ketones is 1. The summed E-state index contributed by atoms with van der Waals surface area (Å²) in [5, 5.41) is 0. The summed E-state index contributed by atoms with van der Waals surface area (Å²) in [6.45, 7) is 1.91. The van der Waals surface area contributed by atoms with E-state index in [1.54, 1.807) is 0 Å². The van der Waals surface area contributed by atoms with Crippen molar-refractivity contribution in [3.8, 4) is 0 Å². The molecule has 0 bridgehead atoms. The average molecular weight is 228 g/mol. The van der Waals surface area contributed by atoms with E-state index in [1.165, 1.54) is 24.3 Å². The summed E-state index contributed by atoms with van der Waals surface area (Å²) in [6.07, 6.45) is 0.781. The van der Waals surface area contributed by atoms with Crippen LogP contribution in [0.15, 0.2) is 24.3 Å². The average Bonchev–Trinajstić information content (AvgIpc) is 2.18. The fraction of sp³-hybridized carbons (Fsp3) is 0.364. The Hall–Kier alpha value is -1.03. The minimum Gasteiger partial charge on any atom is -0.293 e. The molecule has 2 nitrogen and oxygen atoms in total. The molecule has 0 saturated carbocycles. The molecule has 0 radical (unpaired) electrons. The van der Waals surface area contributed by atoms with Crippen molar-refractivity contribution in [3.05, 3.63) is 35.6 Å². The number of hydrogen-bond acceptors (Lipinski definition) is 2. The van der Waals surface area contributed by atoms with E-state index in [-0.39, 0.29) is 11.5 Å². The highest BCUT2D eigenvalue weighted by molar-refractivity contribution is 7.85. The zero-order chi connectivity index (χ0) is 11.3. The molecule has 0 spiro atoms. The van der Waals surface area contributed by atoms with Crippen molar-refractivity contribution in [1.82, 2.24) is 0 Å². The number of rotatable bonds is 5. The molecule has 0 aliphatic rings. The number of carbonyl (C=O) groups excluding carboxylic acids is 1. The van der Waals surface area contributed by atoms with E-state index in [9.17, 15) is 13.4 Å². The first-order chi connectivity index (χ1) is 7.13. The third-order valence-electron chi connectivity index (χ3n) is 1.87. The maximum Gasteiger partial charge on any atom is 0.175 e. The highest BCUT2D eigenvalue weighted by Crippen LogP contribution is 2.05. The Bertz CT molecular complexity index is 377. The Morgan fingerprint density at radius 3 is 2.80 bits per heavy atom. The second-order valence-electron chi connectivity index (χ2n) is 3.22. The second-order valence-corrected chi connectivity index (χ2v) is 4.80. The van der Waals surface area contributed by atoms with E-state index in [0.717, 1.165) is 6.42 Å². The highest BCUT2D eigenvalue weighted by atomic mass is 32.2. The van der Waals surface area contributed by atoms with Gasteiger partial charge in [-0.15, -0.1) is 0 Å². The summed E-state index contributed by atoms with van der Waals surface area (Å²) in [4.78, 5) is 11.5. The molecule has 0 aromatic heterocycles. The molecule has 0 amide bonds. The molecule has 0 heterocycles. The predicted molar refractivity (Wildman–Crippen MR) is 58.9 cm³/mol. The number of benzene rings is 1. The van der Waals surface area contributed by atoms with Crippen LogP contribution in [-0.4, -0.2) is 21.5 Å². The molecule has 4 heteroatoms. The van der Waals surface area contributed by atoms with Crippen molar-refractivity contribution in [2.75, 3.05) is 11.5 Å². The van der Waals surface area contributed by atoms with Crippen LogP contribution in [0.4, 0.5) is 4.39 Å². The molecule has 1 unspecified atom stereocenters. The van der Waals surface area contributed by atoms with Gasteiger partial charge in [-0.2, -0.15) is 0 Å². The number of hydrogen-bond donors (Lipinski definition) is 0. The van der Waals surface area contributed by atoms with Gasteiger partial charge in [-0.05, 0) is 18.6 Å². The summed E-state index contributed by atoms with van der Waals surface area (Å²) >= 11 is 0. The summed E-state index contributed by atoms with van der Waals surface area (Å²) in [7, 11) is -1.13. The van der Waals surface area contributed by atoms with Crippen molar-refractivity contribution >= 4 is 16.6 Å². The maximum atomic E-state index is 12.8. The molecular formula is C11H13FO2S. The second kappa shape index (κ2) is 5.75. The summed E-state index contributed by atoms with van der Waals surface area (Å²) in [6, 6.07) is 5.46. The Balaban J connectivity index is 2.65. The Morgan fingerprint density at radius 1 is 1.47 bits per heavy atom. The normalized spacial score (nSPS) is 12.4. The minimum atomic E-state index is -1.13. The lowest BCUT2D eigenvalue weighted by Crippen LogP contribution is -2.13. The molecule has 1 atom stereocenters. The number of carbonyl (C=O) groups is 1. The van der Waals surface area contributed by atoms with Gasteiger partial charge in [0.1, 0.15) is 5.82 Å². The topological polar surface area (TPSA) is 34.1 Å². The van der Waals surface area contributed by atoms with E-state index in [0.29, 0.717) is 11.3 Å². The molecule has 15 heavy (non-hydrogen) atoms. The third kappa shape index (κ3) is 3.91. The molecule has 82 valence electrons. The van der Waals surface area contributed by atoms with Gasteiger partial charge in [-0.25, -0.2) is 4.39 Å². The Kier molecular flexibility index (Phi) is 4.62. The zero-order valence-corrected chi connectivity index (χ0v) is 9.35. The van der Waals surface area contributed by atoms with Crippen molar-refractivity contribution in [1.29, 1.82) is 0 Å². The van der Waals surface area contributed by atoms with E-state index < -0.39 is 16.6 Å². The summed E-state index contributed by atoms with van der Waals surface area (Å²) in [5.74, 6) is -0.207. The van der Waals surface area contributed by atoms with Crippen LogP contribution in [0.2, 0.25) is 0 Å². The van der Waals surface area contributed by atoms with Crippen LogP contribution in [-0.2, 0) is 10.8 Å². The first kappa shape index (κ1) is 12.0. The standard InChI is InChI=1S/C11H13FO2S/c1-2-6-15(14)8-11(13)9-4-3-5-10(12)7-9/h3-5,7H,2,6,8H2,1H3. The molecular weight excluding hydrogens is 215 g/mol. The predicted octanol–water partition coefficient (Wildman–Crippen LogP) is 2.17. The first-order valence-corrected chi connectivity index (χ1v) is 6.26. The molecule has 0 fully saturated rings. The fourth-order valence-electron chi connectivity index (χ4n) is 1.19. The van der Waals surface area contributed by atoms with Crippen LogP contribution in [0, 0.1) is 5.82 Å². The van der Waals surface area contributed by atoms with E-state index in [4.69, 9.17) is 0 Å². The van der Waals surface area contributed by atoms with Crippen LogP contribution in [0.1, 0.15) is 23.7 Å². The Labute approximate surface area is 91.0 Å². The lowest BCUT2D eigenvalue weighted by atomic mass is 10.1. The minimum absolute atomic E-state index is 0.0166. The van der Waals surface area contributed by atoms with Gasteiger partial charge in [0.05, 0.1) is 5.75 Å². The van der Waals surface area contributed by atoms with Crippen LogP contribution in [0.3, 0.4) is 0 Å². The SMILES string of the molecule is CCCS(=O)CC(=O)c1cccc(F)c1. The van der Waals surface area contributed by atoms with Crippen molar-refractivity contribution in [2.24, 2.45) is 0 Å². The molecule has 0 N–H and O–H groups in total. The van der Waals surface area contributed by atoms with Gasteiger partial charge in [0.2, 0.25) is 0 Å². The zero-order valence-electron chi connectivity index (χ0n) is 8.53. The lowest BCUT2D eigenvalue weighted by molar-refractivity contribution is 0.102. The van der Waals surface area contributed by atoms with Gasteiger partial charge in [-0.3, -0.25) is 9.00 Å². The van der Waals surface area contributed by atoms with Gasteiger partial charge in [0.25, 0.3) is 0 Å². The molecule has 1 aromatic carbocycles.